The third-order valence-electron chi connectivity index (χ3n) is 3.69. The summed E-state index contributed by atoms with van der Waals surface area (Å²) in [5.41, 5.74) is 2.77. The molecule has 1 amide bonds. The van der Waals surface area contributed by atoms with Crippen molar-refractivity contribution >= 4 is 6.09 Å². The number of oxazole rings is 1. The quantitative estimate of drug-likeness (QED) is 0.735. The fourth-order valence-corrected chi connectivity index (χ4v) is 2.51. The highest BCUT2D eigenvalue weighted by Crippen LogP contribution is 2.23. The van der Waals surface area contributed by atoms with Crippen LogP contribution in [0.1, 0.15) is 17.2 Å². The Hall–Kier alpha value is -3.08. The first-order valence-electron chi connectivity index (χ1n) is 8.18. The van der Waals surface area contributed by atoms with Gasteiger partial charge in [-0.2, -0.15) is 0 Å². The van der Waals surface area contributed by atoms with Crippen molar-refractivity contribution in [1.82, 2.24) is 10.3 Å². The number of ether oxygens (including phenoxy) is 1. The van der Waals surface area contributed by atoms with Crippen molar-refractivity contribution in [1.29, 1.82) is 0 Å². The van der Waals surface area contributed by atoms with E-state index in [2.05, 4.69) is 10.3 Å². The number of aryl methyl sites for hydroxylation is 1. The van der Waals surface area contributed by atoms with Crippen molar-refractivity contribution in [3.8, 4) is 11.3 Å². The Morgan fingerprint density at radius 1 is 1.08 bits per heavy atom. The molecule has 5 nitrogen and oxygen atoms in total. The highest BCUT2D eigenvalue weighted by atomic mass is 16.5. The zero-order chi connectivity index (χ0) is 17.5. The minimum Gasteiger partial charge on any atom is -0.445 e. The molecule has 1 N–H and O–H groups in total. The molecule has 3 aromatic rings. The standard InChI is InChI=1S/C20H20N2O3/c1-15-22-19(17-10-6-3-7-11-17)18(25-15)12-13-21-20(23)24-14-16-8-4-2-5-9-16/h2-11H,12-14H2,1H3,(H,21,23). The van der Waals surface area contributed by atoms with Crippen LogP contribution in [0.15, 0.2) is 65.1 Å². The van der Waals surface area contributed by atoms with E-state index in [1.54, 1.807) is 0 Å². The molecule has 0 saturated heterocycles. The van der Waals surface area contributed by atoms with Gasteiger partial charge in [0.05, 0.1) is 0 Å². The molecule has 0 bridgehead atoms. The maximum absolute atomic E-state index is 11.8. The number of nitrogens with one attached hydrogen (secondary N) is 1. The number of hydrogen-bond donors (Lipinski definition) is 1. The van der Waals surface area contributed by atoms with Crippen LogP contribution in [0, 0.1) is 6.92 Å². The van der Waals surface area contributed by atoms with Crippen molar-refractivity contribution in [3.05, 3.63) is 77.9 Å². The van der Waals surface area contributed by atoms with Gasteiger partial charge in [0, 0.05) is 25.5 Å². The highest BCUT2D eigenvalue weighted by Gasteiger charge is 2.13. The summed E-state index contributed by atoms with van der Waals surface area (Å²) in [5, 5.41) is 2.74. The summed E-state index contributed by atoms with van der Waals surface area (Å²) in [7, 11) is 0. The molecule has 0 atom stereocenters. The first-order chi connectivity index (χ1) is 12.2. The number of carbonyl (C=O) groups excluding carboxylic acids is 1. The van der Waals surface area contributed by atoms with Gasteiger partial charge in [0.15, 0.2) is 5.89 Å². The normalized spacial score (nSPS) is 10.4. The van der Waals surface area contributed by atoms with Crippen LogP contribution in [0.3, 0.4) is 0 Å². The summed E-state index contributed by atoms with van der Waals surface area (Å²) >= 11 is 0. The van der Waals surface area contributed by atoms with E-state index < -0.39 is 6.09 Å². The third-order valence-corrected chi connectivity index (χ3v) is 3.69. The molecule has 0 radical (unpaired) electrons. The monoisotopic (exact) mass is 336 g/mol. The van der Waals surface area contributed by atoms with Crippen LogP contribution >= 0.6 is 0 Å². The molecule has 0 aliphatic rings. The van der Waals surface area contributed by atoms with E-state index in [-0.39, 0.29) is 6.61 Å². The highest BCUT2D eigenvalue weighted by molar-refractivity contribution is 5.67. The van der Waals surface area contributed by atoms with Gasteiger partial charge >= 0.3 is 6.09 Å². The first-order valence-corrected chi connectivity index (χ1v) is 8.18. The predicted octanol–water partition coefficient (Wildman–Crippen LogP) is 4.12. The average molecular weight is 336 g/mol. The summed E-state index contributed by atoms with van der Waals surface area (Å²) < 4.78 is 10.9. The van der Waals surface area contributed by atoms with Crippen LogP contribution in [0.25, 0.3) is 11.3 Å². The number of carbonyl (C=O) groups is 1. The Morgan fingerprint density at radius 2 is 1.76 bits per heavy atom. The zero-order valence-electron chi connectivity index (χ0n) is 14.1. The van der Waals surface area contributed by atoms with Crippen LogP contribution in [0.4, 0.5) is 4.79 Å². The van der Waals surface area contributed by atoms with Crippen LogP contribution in [-0.4, -0.2) is 17.6 Å². The predicted molar refractivity (Wildman–Crippen MR) is 95.0 cm³/mol. The molecule has 128 valence electrons. The number of amides is 1. The van der Waals surface area contributed by atoms with Crippen molar-refractivity contribution in [2.24, 2.45) is 0 Å². The van der Waals surface area contributed by atoms with Gasteiger partial charge in [-0.25, -0.2) is 9.78 Å². The number of aromatic nitrogens is 1. The molecule has 25 heavy (non-hydrogen) atoms. The zero-order valence-corrected chi connectivity index (χ0v) is 14.1. The van der Waals surface area contributed by atoms with Gasteiger partial charge in [-0.3, -0.25) is 0 Å². The van der Waals surface area contributed by atoms with Crippen molar-refractivity contribution in [2.45, 2.75) is 20.0 Å². The SMILES string of the molecule is Cc1nc(-c2ccccc2)c(CCNC(=O)OCc2ccccc2)o1. The molecule has 0 unspecified atom stereocenters. The Bertz CT molecular complexity index is 813. The van der Waals surface area contributed by atoms with Gasteiger partial charge in [-0.15, -0.1) is 0 Å². The van der Waals surface area contributed by atoms with E-state index in [0.29, 0.717) is 18.9 Å². The maximum Gasteiger partial charge on any atom is 0.407 e. The van der Waals surface area contributed by atoms with Gasteiger partial charge in [0.25, 0.3) is 0 Å². The average Bonchev–Trinajstić information content (AvgIpc) is 3.02. The second kappa shape index (κ2) is 8.15. The van der Waals surface area contributed by atoms with Crippen molar-refractivity contribution in [3.63, 3.8) is 0 Å². The van der Waals surface area contributed by atoms with E-state index >= 15 is 0 Å². The summed E-state index contributed by atoms with van der Waals surface area (Å²) in [5.74, 6) is 1.37. The molecular formula is C20H20N2O3. The number of hydrogen-bond acceptors (Lipinski definition) is 4. The fourth-order valence-electron chi connectivity index (χ4n) is 2.51. The lowest BCUT2D eigenvalue weighted by molar-refractivity contribution is 0.139. The van der Waals surface area contributed by atoms with Crippen LogP contribution < -0.4 is 5.32 Å². The Labute approximate surface area is 146 Å². The maximum atomic E-state index is 11.8. The lowest BCUT2D eigenvalue weighted by atomic mass is 10.1. The second-order valence-electron chi connectivity index (χ2n) is 5.61. The molecular weight excluding hydrogens is 316 g/mol. The number of rotatable bonds is 6. The first kappa shape index (κ1) is 16.8. The lowest BCUT2D eigenvalue weighted by Gasteiger charge is -2.07. The lowest BCUT2D eigenvalue weighted by Crippen LogP contribution is -2.26. The van der Waals surface area contributed by atoms with Gasteiger partial charge in [0.1, 0.15) is 18.1 Å². The topological polar surface area (TPSA) is 64.4 Å². The molecule has 0 aliphatic heterocycles. The molecule has 5 heteroatoms. The van der Waals surface area contributed by atoms with Gasteiger partial charge in [0.2, 0.25) is 0 Å². The molecule has 0 aliphatic carbocycles. The Kier molecular flexibility index (Phi) is 5.46. The van der Waals surface area contributed by atoms with Crippen LogP contribution in [-0.2, 0) is 17.8 Å². The number of benzene rings is 2. The molecule has 0 saturated carbocycles. The van der Waals surface area contributed by atoms with Crippen LogP contribution in [0.5, 0.6) is 0 Å². The minimum absolute atomic E-state index is 0.253. The van der Waals surface area contributed by atoms with E-state index in [1.165, 1.54) is 0 Å². The van der Waals surface area contributed by atoms with E-state index in [9.17, 15) is 4.79 Å². The van der Waals surface area contributed by atoms with Crippen molar-refractivity contribution < 1.29 is 13.9 Å². The van der Waals surface area contributed by atoms with E-state index in [1.807, 2.05) is 67.6 Å². The summed E-state index contributed by atoms with van der Waals surface area (Å²) in [6.07, 6.45) is 0.104. The summed E-state index contributed by atoms with van der Waals surface area (Å²) in [6.45, 7) is 2.49. The van der Waals surface area contributed by atoms with Gasteiger partial charge in [-0.1, -0.05) is 60.7 Å². The smallest absolute Gasteiger partial charge is 0.407 e. The molecule has 1 heterocycles. The molecule has 3 rings (SSSR count). The van der Waals surface area contributed by atoms with Gasteiger partial charge in [-0.05, 0) is 5.56 Å². The van der Waals surface area contributed by atoms with E-state index in [0.717, 1.165) is 22.6 Å². The summed E-state index contributed by atoms with van der Waals surface area (Å²) in [6, 6.07) is 19.4. The largest absolute Gasteiger partial charge is 0.445 e. The molecule has 0 fully saturated rings. The molecule has 1 aromatic heterocycles. The second-order valence-corrected chi connectivity index (χ2v) is 5.61. The summed E-state index contributed by atoms with van der Waals surface area (Å²) in [4.78, 5) is 16.2. The Morgan fingerprint density at radius 3 is 2.48 bits per heavy atom. The molecule has 0 spiro atoms. The van der Waals surface area contributed by atoms with E-state index in [4.69, 9.17) is 9.15 Å². The fraction of sp³-hybridized carbons (Fsp3) is 0.200. The Balaban J connectivity index is 1.51. The van der Waals surface area contributed by atoms with Crippen molar-refractivity contribution in [2.75, 3.05) is 6.54 Å². The minimum atomic E-state index is -0.443. The third kappa shape index (κ3) is 4.70. The molecule has 2 aromatic carbocycles. The van der Waals surface area contributed by atoms with Gasteiger partial charge < -0.3 is 14.5 Å². The van der Waals surface area contributed by atoms with Crippen LogP contribution in [0.2, 0.25) is 0 Å². The number of alkyl carbamates (subject to hydrolysis) is 1. The number of nitrogens with zero attached hydrogens (tertiary/aromatic N) is 1.